The number of aromatic nitrogens is 4. The van der Waals surface area contributed by atoms with Gasteiger partial charge in [0.2, 0.25) is 0 Å². The lowest BCUT2D eigenvalue weighted by atomic mass is 10.1. The maximum absolute atomic E-state index is 13.4. The van der Waals surface area contributed by atoms with Crippen LogP contribution in [0.5, 0.6) is 11.5 Å². The second-order valence-electron chi connectivity index (χ2n) is 7.37. The first kappa shape index (κ1) is 18.5. The average Bonchev–Trinajstić information content (AvgIpc) is 3.38. The van der Waals surface area contributed by atoms with Crippen molar-refractivity contribution in [1.82, 2.24) is 25.1 Å². The van der Waals surface area contributed by atoms with Crippen molar-refractivity contribution >= 4 is 16.9 Å². The van der Waals surface area contributed by atoms with Crippen LogP contribution >= 0.6 is 0 Å². The second-order valence-corrected chi connectivity index (χ2v) is 7.37. The summed E-state index contributed by atoms with van der Waals surface area (Å²) in [5.74, 6) is 1.11. The molecule has 2 aromatic carbocycles. The summed E-state index contributed by atoms with van der Waals surface area (Å²) in [4.78, 5) is 8.59. The molecule has 0 aliphatic carbocycles. The normalized spacial score (nSPS) is 16.2. The molecule has 2 aromatic heterocycles. The third-order valence-electron chi connectivity index (χ3n) is 5.27. The van der Waals surface area contributed by atoms with E-state index in [1.54, 1.807) is 12.1 Å². The van der Waals surface area contributed by atoms with Gasteiger partial charge in [0.25, 0.3) is 0 Å². The van der Waals surface area contributed by atoms with E-state index in [0.717, 1.165) is 41.8 Å². The number of anilines is 1. The third kappa shape index (κ3) is 3.57. The molecule has 0 bridgehead atoms. The number of ether oxygens (including phenoxy) is 1. The Morgan fingerprint density at radius 3 is 2.77 bits per heavy atom. The van der Waals surface area contributed by atoms with Crippen LogP contribution in [0.3, 0.4) is 0 Å². The van der Waals surface area contributed by atoms with Crippen LogP contribution < -0.4 is 15.8 Å². The molecule has 0 amide bonds. The van der Waals surface area contributed by atoms with E-state index in [-0.39, 0.29) is 5.82 Å². The van der Waals surface area contributed by atoms with E-state index in [4.69, 9.17) is 15.6 Å². The van der Waals surface area contributed by atoms with Gasteiger partial charge >= 0.3 is 0 Å². The first-order chi connectivity index (χ1) is 14.7. The van der Waals surface area contributed by atoms with Gasteiger partial charge in [0.1, 0.15) is 35.2 Å². The number of nitrogens with zero attached hydrogens (tertiary/aromatic N) is 4. The van der Waals surface area contributed by atoms with E-state index in [1.165, 1.54) is 24.9 Å². The van der Waals surface area contributed by atoms with Crippen LogP contribution in [0, 0.1) is 5.82 Å². The largest absolute Gasteiger partial charge is 0.457 e. The molecule has 7 nitrogen and oxygen atoms in total. The highest BCUT2D eigenvalue weighted by Gasteiger charge is 2.21. The monoisotopic (exact) mass is 404 g/mol. The van der Waals surface area contributed by atoms with Crippen molar-refractivity contribution in [2.45, 2.75) is 25.4 Å². The van der Waals surface area contributed by atoms with E-state index in [2.05, 4.69) is 15.3 Å². The molecule has 0 radical (unpaired) electrons. The predicted molar refractivity (Wildman–Crippen MR) is 113 cm³/mol. The molecule has 3 N–H and O–H groups in total. The predicted octanol–water partition coefficient (Wildman–Crippen LogP) is 3.76. The molecular formula is C22H21FN6O. The number of halogens is 1. The van der Waals surface area contributed by atoms with E-state index in [0.29, 0.717) is 23.4 Å². The summed E-state index contributed by atoms with van der Waals surface area (Å²) in [6.45, 7) is 1.76. The second kappa shape index (κ2) is 7.72. The van der Waals surface area contributed by atoms with E-state index >= 15 is 0 Å². The van der Waals surface area contributed by atoms with Gasteiger partial charge in [-0.1, -0.05) is 6.07 Å². The maximum atomic E-state index is 13.4. The molecule has 0 saturated carbocycles. The summed E-state index contributed by atoms with van der Waals surface area (Å²) < 4.78 is 21.0. The van der Waals surface area contributed by atoms with Crippen LogP contribution in [0.4, 0.5) is 10.2 Å². The summed E-state index contributed by atoms with van der Waals surface area (Å²) in [6.07, 6.45) is 3.75. The lowest BCUT2D eigenvalue weighted by Gasteiger charge is -2.10. The summed E-state index contributed by atoms with van der Waals surface area (Å²) in [5, 5.41) is 9.05. The average molecular weight is 404 g/mol. The van der Waals surface area contributed by atoms with Crippen molar-refractivity contribution in [3.05, 3.63) is 60.7 Å². The fourth-order valence-electron chi connectivity index (χ4n) is 3.83. The molecule has 1 aliphatic rings. The molecule has 1 saturated heterocycles. The molecule has 1 unspecified atom stereocenters. The third-order valence-corrected chi connectivity index (χ3v) is 5.27. The molecule has 3 heterocycles. The van der Waals surface area contributed by atoms with Gasteiger partial charge in [0.15, 0.2) is 5.65 Å². The standard InChI is InChI=1S/C22H21FN6O/c23-15-3-1-5-18(11-15)30-17-8-6-14(7-9-17)20-19-21(24)26-13-27-22(19)29(28-20)12-16-4-2-10-25-16/h1,3,5-9,11,13,16,25H,2,4,10,12H2,(H2,24,26,27). The number of nitrogen functional groups attached to an aromatic ring is 1. The molecule has 1 fully saturated rings. The first-order valence-electron chi connectivity index (χ1n) is 9.91. The number of rotatable bonds is 5. The summed E-state index contributed by atoms with van der Waals surface area (Å²) in [6, 6.07) is 13.9. The molecule has 1 atom stereocenters. The zero-order valence-corrected chi connectivity index (χ0v) is 16.3. The molecule has 152 valence electrons. The van der Waals surface area contributed by atoms with Gasteiger partial charge in [-0.3, -0.25) is 0 Å². The van der Waals surface area contributed by atoms with Crippen molar-refractivity contribution in [3.8, 4) is 22.8 Å². The minimum atomic E-state index is -0.339. The number of nitrogens with one attached hydrogen (secondary N) is 1. The molecule has 4 aromatic rings. The Morgan fingerprint density at radius 2 is 2.00 bits per heavy atom. The van der Waals surface area contributed by atoms with Gasteiger partial charge in [-0.2, -0.15) is 5.10 Å². The summed E-state index contributed by atoms with van der Waals surface area (Å²) in [7, 11) is 0. The highest BCUT2D eigenvalue weighted by Crippen LogP contribution is 2.32. The number of benzene rings is 2. The van der Waals surface area contributed by atoms with Crippen molar-refractivity contribution in [2.75, 3.05) is 12.3 Å². The minimum absolute atomic E-state index is 0.339. The van der Waals surface area contributed by atoms with Crippen LogP contribution in [0.1, 0.15) is 12.8 Å². The fourth-order valence-corrected chi connectivity index (χ4v) is 3.83. The molecule has 5 rings (SSSR count). The zero-order valence-electron chi connectivity index (χ0n) is 16.3. The minimum Gasteiger partial charge on any atom is -0.457 e. The molecule has 0 spiro atoms. The molecule has 30 heavy (non-hydrogen) atoms. The van der Waals surface area contributed by atoms with Crippen molar-refractivity contribution in [3.63, 3.8) is 0 Å². The van der Waals surface area contributed by atoms with Crippen LogP contribution in [0.25, 0.3) is 22.3 Å². The van der Waals surface area contributed by atoms with Gasteiger partial charge in [0, 0.05) is 17.7 Å². The number of hydrogen-bond donors (Lipinski definition) is 2. The van der Waals surface area contributed by atoms with Crippen LogP contribution in [-0.4, -0.2) is 32.3 Å². The Hall–Kier alpha value is -3.52. The van der Waals surface area contributed by atoms with Gasteiger partial charge in [-0.25, -0.2) is 19.0 Å². The Balaban J connectivity index is 1.48. The molecule has 8 heteroatoms. The Labute approximate surface area is 172 Å². The van der Waals surface area contributed by atoms with Crippen LogP contribution in [-0.2, 0) is 6.54 Å². The zero-order chi connectivity index (χ0) is 20.5. The van der Waals surface area contributed by atoms with E-state index < -0.39 is 0 Å². The van der Waals surface area contributed by atoms with Crippen molar-refractivity contribution in [2.24, 2.45) is 0 Å². The lowest BCUT2D eigenvalue weighted by molar-refractivity contribution is 0.477. The lowest BCUT2D eigenvalue weighted by Crippen LogP contribution is -2.27. The maximum Gasteiger partial charge on any atom is 0.164 e. The number of fused-ring (bicyclic) bond motifs is 1. The van der Waals surface area contributed by atoms with Crippen LogP contribution in [0.15, 0.2) is 54.9 Å². The number of hydrogen-bond acceptors (Lipinski definition) is 6. The van der Waals surface area contributed by atoms with Crippen molar-refractivity contribution < 1.29 is 9.13 Å². The van der Waals surface area contributed by atoms with Gasteiger partial charge < -0.3 is 15.8 Å². The SMILES string of the molecule is Nc1ncnc2c1c(-c1ccc(Oc3cccc(F)c3)cc1)nn2CC1CCCN1. The van der Waals surface area contributed by atoms with Gasteiger partial charge in [-0.05, 0) is 55.8 Å². The molecule has 1 aliphatic heterocycles. The summed E-state index contributed by atoms with van der Waals surface area (Å²) >= 11 is 0. The Bertz CT molecular complexity index is 1180. The van der Waals surface area contributed by atoms with E-state index in [9.17, 15) is 4.39 Å². The first-order valence-corrected chi connectivity index (χ1v) is 9.91. The Kier molecular flexibility index (Phi) is 4.76. The van der Waals surface area contributed by atoms with Crippen molar-refractivity contribution in [1.29, 1.82) is 0 Å². The fraction of sp³-hybridized carbons (Fsp3) is 0.227. The van der Waals surface area contributed by atoms with Gasteiger partial charge in [0.05, 0.1) is 11.9 Å². The topological polar surface area (TPSA) is 90.9 Å². The summed E-state index contributed by atoms with van der Waals surface area (Å²) in [5.41, 5.74) is 8.53. The highest BCUT2D eigenvalue weighted by atomic mass is 19.1. The number of nitrogens with two attached hydrogens (primary N) is 1. The molecular weight excluding hydrogens is 383 g/mol. The van der Waals surface area contributed by atoms with Crippen LogP contribution in [0.2, 0.25) is 0 Å². The van der Waals surface area contributed by atoms with E-state index in [1.807, 2.05) is 28.9 Å². The van der Waals surface area contributed by atoms with Gasteiger partial charge in [-0.15, -0.1) is 0 Å². The smallest absolute Gasteiger partial charge is 0.164 e. The Morgan fingerprint density at radius 1 is 1.13 bits per heavy atom. The highest BCUT2D eigenvalue weighted by molar-refractivity contribution is 5.98. The quantitative estimate of drug-likeness (QED) is 0.526.